The van der Waals surface area contributed by atoms with Gasteiger partial charge in [-0.05, 0) is 20.8 Å². The Morgan fingerprint density at radius 1 is 1.33 bits per heavy atom. The molecular weight excluding hydrogens is 274 g/mol. The molecule has 7 heteroatoms. The minimum atomic E-state index is -0.822. The summed E-state index contributed by atoms with van der Waals surface area (Å²) in [7, 11) is 0. The Balaban J connectivity index is 2.61. The van der Waals surface area contributed by atoms with Crippen molar-refractivity contribution in [1.82, 2.24) is 4.90 Å². The lowest BCUT2D eigenvalue weighted by atomic mass is 9.94. The summed E-state index contributed by atoms with van der Waals surface area (Å²) < 4.78 is 5.15. The molecule has 1 aliphatic rings. The van der Waals surface area contributed by atoms with Gasteiger partial charge in [-0.15, -0.1) is 6.58 Å². The number of carbonyl (C=O) groups excluding carboxylic acids is 3. The molecule has 1 saturated heterocycles. The standard InChI is InChI=1S/C14H21N3O4/c1-5-6-15-16-7-10-11(18)8-17(9-12(10)19)13(20)21-14(2,3)4/h5,10H,1,6-9H2,2-4H3. The third-order valence-electron chi connectivity index (χ3n) is 2.70. The van der Waals surface area contributed by atoms with Crippen LogP contribution in [0.25, 0.3) is 0 Å². The Morgan fingerprint density at radius 2 is 1.90 bits per heavy atom. The van der Waals surface area contributed by atoms with Gasteiger partial charge in [0.15, 0.2) is 11.6 Å². The molecule has 1 rings (SSSR count). The van der Waals surface area contributed by atoms with Crippen molar-refractivity contribution in [3.05, 3.63) is 12.7 Å². The van der Waals surface area contributed by atoms with Gasteiger partial charge in [0.2, 0.25) is 0 Å². The van der Waals surface area contributed by atoms with Crippen LogP contribution in [0.1, 0.15) is 20.8 Å². The lowest BCUT2D eigenvalue weighted by molar-refractivity contribution is -0.138. The summed E-state index contributed by atoms with van der Waals surface area (Å²) in [4.78, 5) is 36.9. The molecule has 0 saturated carbocycles. The highest BCUT2D eigenvalue weighted by Crippen LogP contribution is 2.15. The maximum Gasteiger partial charge on any atom is 0.411 e. The van der Waals surface area contributed by atoms with E-state index in [1.54, 1.807) is 26.8 Å². The van der Waals surface area contributed by atoms with Crippen molar-refractivity contribution >= 4 is 17.7 Å². The van der Waals surface area contributed by atoms with E-state index in [0.29, 0.717) is 6.54 Å². The highest BCUT2D eigenvalue weighted by molar-refractivity contribution is 6.08. The van der Waals surface area contributed by atoms with Gasteiger partial charge in [-0.1, -0.05) is 6.08 Å². The quantitative estimate of drug-likeness (QED) is 0.448. The number of hydrogen-bond acceptors (Lipinski definition) is 6. The van der Waals surface area contributed by atoms with Crippen molar-refractivity contribution < 1.29 is 19.1 Å². The highest BCUT2D eigenvalue weighted by atomic mass is 16.6. The minimum Gasteiger partial charge on any atom is -0.444 e. The van der Waals surface area contributed by atoms with E-state index in [4.69, 9.17) is 4.74 Å². The van der Waals surface area contributed by atoms with Crippen LogP contribution >= 0.6 is 0 Å². The summed E-state index contributed by atoms with van der Waals surface area (Å²) in [5, 5.41) is 7.55. The number of amides is 1. The van der Waals surface area contributed by atoms with Crippen molar-refractivity contribution in [2.75, 3.05) is 26.2 Å². The third kappa shape index (κ3) is 5.45. The second kappa shape index (κ2) is 7.10. The topological polar surface area (TPSA) is 88.4 Å². The molecule has 1 aliphatic heterocycles. The predicted molar refractivity (Wildman–Crippen MR) is 76.1 cm³/mol. The number of nitrogens with zero attached hydrogens (tertiary/aromatic N) is 3. The van der Waals surface area contributed by atoms with E-state index in [1.807, 2.05) is 0 Å². The summed E-state index contributed by atoms with van der Waals surface area (Å²) in [6, 6.07) is 0. The maximum atomic E-state index is 12.0. The monoisotopic (exact) mass is 295 g/mol. The summed E-state index contributed by atoms with van der Waals surface area (Å²) >= 11 is 0. The number of azo groups is 1. The molecule has 0 bridgehead atoms. The molecule has 0 unspecified atom stereocenters. The van der Waals surface area contributed by atoms with Gasteiger partial charge in [0.1, 0.15) is 11.5 Å². The lowest BCUT2D eigenvalue weighted by Gasteiger charge is -2.31. The normalized spacial score (nSPS) is 17.4. The van der Waals surface area contributed by atoms with Crippen LogP contribution in [0, 0.1) is 5.92 Å². The van der Waals surface area contributed by atoms with E-state index in [9.17, 15) is 14.4 Å². The number of hydrogen-bond donors (Lipinski definition) is 0. The number of likely N-dealkylation sites (tertiary alicyclic amines) is 1. The van der Waals surface area contributed by atoms with Crippen LogP contribution in [-0.2, 0) is 14.3 Å². The van der Waals surface area contributed by atoms with Gasteiger partial charge in [-0.25, -0.2) is 4.79 Å². The third-order valence-corrected chi connectivity index (χ3v) is 2.70. The highest BCUT2D eigenvalue weighted by Gasteiger charge is 2.37. The first-order valence-electron chi connectivity index (χ1n) is 6.72. The molecule has 1 fully saturated rings. The minimum absolute atomic E-state index is 0.0215. The second-order valence-corrected chi connectivity index (χ2v) is 5.76. The van der Waals surface area contributed by atoms with Crippen LogP contribution in [0.3, 0.4) is 0 Å². The van der Waals surface area contributed by atoms with Gasteiger partial charge < -0.3 is 4.74 Å². The zero-order valence-electron chi connectivity index (χ0n) is 12.7. The van der Waals surface area contributed by atoms with Crippen molar-refractivity contribution in [2.45, 2.75) is 26.4 Å². The lowest BCUT2D eigenvalue weighted by Crippen LogP contribution is -2.51. The molecule has 0 N–H and O–H groups in total. The van der Waals surface area contributed by atoms with E-state index in [2.05, 4.69) is 16.8 Å². The van der Waals surface area contributed by atoms with Gasteiger partial charge in [0.25, 0.3) is 0 Å². The van der Waals surface area contributed by atoms with Crippen LogP contribution in [0.4, 0.5) is 4.79 Å². The Hall–Kier alpha value is -2.05. The average molecular weight is 295 g/mol. The first-order valence-corrected chi connectivity index (χ1v) is 6.72. The summed E-state index contributed by atoms with van der Waals surface area (Å²) in [5.74, 6) is -1.50. The second-order valence-electron chi connectivity index (χ2n) is 5.76. The molecule has 0 atom stereocenters. The van der Waals surface area contributed by atoms with E-state index in [1.165, 1.54) is 0 Å². The molecule has 0 spiro atoms. The SMILES string of the molecule is C=CCN=NCC1C(=O)CN(C(=O)OC(C)(C)C)CC1=O. The fourth-order valence-corrected chi connectivity index (χ4v) is 1.75. The van der Waals surface area contributed by atoms with Crippen LogP contribution in [0.15, 0.2) is 22.9 Å². The van der Waals surface area contributed by atoms with E-state index in [-0.39, 0.29) is 31.2 Å². The Kier molecular flexibility index (Phi) is 5.75. The molecule has 1 amide bonds. The molecule has 0 aromatic carbocycles. The number of rotatable bonds is 4. The molecular formula is C14H21N3O4. The predicted octanol–water partition coefficient (Wildman–Crippen LogP) is 1.63. The molecule has 1 heterocycles. The van der Waals surface area contributed by atoms with Gasteiger partial charge in [0, 0.05) is 0 Å². The molecule has 116 valence electrons. The summed E-state index contributed by atoms with van der Waals surface area (Å²) in [5.41, 5.74) is -0.668. The fraction of sp³-hybridized carbons (Fsp3) is 0.643. The zero-order valence-corrected chi connectivity index (χ0v) is 12.7. The van der Waals surface area contributed by atoms with Gasteiger partial charge in [0.05, 0.1) is 26.2 Å². The van der Waals surface area contributed by atoms with Crippen molar-refractivity contribution in [3.8, 4) is 0 Å². The van der Waals surface area contributed by atoms with E-state index in [0.717, 1.165) is 4.90 Å². The van der Waals surface area contributed by atoms with Gasteiger partial charge >= 0.3 is 6.09 Å². The number of carbonyl (C=O) groups is 3. The molecule has 0 aromatic heterocycles. The van der Waals surface area contributed by atoms with Crippen LogP contribution in [0.2, 0.25) is 0 Å². The summed E-state index contributed by atoms with van der Waals surface area (Å²) in [6.45, 7) is 8.75. The van der Waals surface area contributed by atoms with Crippen LogP contribution < -0.4 is 0 Å². The van der Waals surface area contributed by atoms with Crippen molar-refractivity contribution in [3.63, 3.8) is 0 Å². The molecule has 0 aliphatic carbocycles. The first kappa shape index (κ1) is 17.0. The van der Waals surface area contributed by atoms with Gasteiger partial charge in [-0.2, -0.15) is 10.2 Å². The molecule has 21 heavy (non-hydrogen) atoms. The molecule has 7 nitrogen and oxygen atoms in total. The first-order chi connectivity index (χ1) is 9.74. The fourth-order valence-electron chi connectivity index (χ4n) is 1.75. The number of ketones is 2. The average Bonchev–Trinajstić information content (AvgIpc) is 2.34. The summed E-state index contributed by atoms with van der Waals surface area (Å²) in [6.07, 6.45) is 0.911. The van der Waals surface area contributed by atoms with Gasteiger partial charge in [-0.3, -0.25) is 14.5 Å². The Labute approximate surface area is 124 Å². The van der Waals surface area contributed by atoms with Crippen molar-refractivity contribution in [1.29, 1.82) is 0 Å². The number of Topliss-reactive ketones (excluding diaryl/α,β-unsaturated/α-hetero) is 2. The van der Waals surface area contributed by atoms with E-state index >= 15 is 0 Å². The number of piperidine rings is 1. The Morgan fingerprint density at radius 3 is 2.38 bits per heavy atom. The molecule has 0 aromatic rings. The zero-order chi connectivity index (χ0) is 16.0. The maximum absolute atomic E-state index is 12.0. The van der Waals surface area contributed by atoms with Crippen molar-refractivity contribution in [2.24, 2.45) is 16.1 Å². The van der Waals surface area contributed by atoms with Crippen LogP contribution in [0.5, 0.6) is 0 Å². The molecule has 0 radical (unpaired) electrons. The van der Waals surface area contributed by atoms with E-state index < -0.39 is 17.6 Å². The largest absolute Gasteiger partial charge is 0.444 e. The number of ether oxygens (including phenoxy) is 1. The van der Waals surface area contributed by atoms with Crippen LogP contribution in [-0.4, -0.2) is 54.3 Å². The smallest absolute Gasteiger partial charge is 0.411 e. The Bertz CT molecular complexity index is 447.